The maximum absolute atomic E-state index is 12.8. The number of fused-ring (bicyclic) bond motifs is 1. The van der Waals surface area contributed by atoms with Gasteiger partial charge in [-0.3, -0.25) is 4.79 Å². The van der Waals surface area contributed by atoms with Crippen LogP contribution in [0.15, 0.2) is 56.7 Å². The summed E-state index contributed by atoms with van der Waals surface area (Å²) in [7, 11) is -3.91. The average molecular weight is 437 g/mol. The van der Waals surface area contributed by atoms with Crippen molar-refractivity contribution in [3.8, 4) is 0 Å². The number of hydrogen-bond acceptors (Lipinski definition) is 6. The first-order valence-electron chi connectivity index (χ1n) is 8.54. The van der Waals surface area contributed by atoms with E-state index in [0.29, 0.717) is 0 Å². The Kier molecular flexibility index (Phi) is 6.26. The van der Waals surface area contributed by atoms with E-state index in [9.17, 15) is 13.2 Å². The van der Waals surface area contributed by atoms with Gasteiger partial charge in [0.2, 0.25) is 4.80 Å². The minimum atomic E-state index is -3.91. The monoisotopic (exact) mass is 436 g/mol. The van der Waals surface area contributed by atoms with Crippen molar-refractivity contribution in [2.75, 3.05) is 12.9 Å². The number of aromatic nitrogens is 1. The Hall–Kier alpha value is -2.10. The molecule has 1 aromatic heterocycles. The smallest absolute Gasteiger partial charge is 0.326 e. The lowest BCUT2D eigenvalue weighted by molar-refractivity contribution is -0.143. The van der Waals surface area contributed by atoms with Gasteiger partial charge in [0.05, 0.1) is 21.7 Å². The van der Waals surface area contributed by atoms with Crippen LogP contribution in [0.2, 0.25) is 0 Å². The molecule has 0 saturated heterocycles. The number of nitrogens with zero attached hydrogens (tertiary/aromatic N) is 2. The minimum Gasteiger partial charge on any atom is -0.465 e. The molecular formula is C19H20N2O4S3. The van der Waals surface area contributed by atoms with Crippen molar-refractivity contribution in [1.29, 1.82) is 0 Å². The highest BCUT2D eigenvalue weighted by molar-refractivity contribution is 7.98. The first-order valence-corrected chi connectivity index (χ1v) is 12.0. The summed E-state index contributed by atoms with van der Waals surface area (Å²) in [4.78, 5) is 13.5. The molecule has 0 saturated carbocycles. The Balaban J connectivity index is 2.18. The summed E-state index contributed by atoms with van der Waals surface area (Å²) in [6.45, 7) is 3.77. The molecule has 1 heterocycles. The molecule has 3 aromatic rings. The first kappa shape index (κ1) is 20.6. The van der Waals surface area contributed by atoms with Crippen molar-refractivity contribution in [3.05, 3.63) is 52.8 Å². The van der Waals surface area contributed by atoms with Gasteiger partial charge >= 0.3 is 5.97 Å². The van der Waals surface area contributed by atoms with Crippen LogP contribution in [-0.4, -0.2) is 31.8 Å². The van der Waals surface area contributed by atoms with Gasteiger partial charge in [-0.25, -0.2) is 0 Å². The highest BCUT2D eigenvalue weighted by atomic mass is 32.2. The second kappa shape index (κ2) is 8.50. The quantitative estimate of drug-likeness (QED) is 0.436. The molecule has 0 aliphatic carbocycles. The SMILES string of the molecule is CCOC(=O)Cn1c(=NS(=O)(=O)c2ccc(C)cc2)sc2cc(SC)ccc21. The van der Waals surface area contributed by atoms with Gasteiger partial charge in [0, 0.05) is 4.90 Å². The highest BCUT2D eigenvalue weighted by Crippen LogP contribution is 2.24. The topological polar surface area (TPSA) is 77.7 Å². The van der Waals surface area contributed by atoms with Crippen LogP contribution in [0, 0.1) is 6.92 Å². The number of esters is 1. The molecule has 6 nitrogen and oxygen atoms in total. The van der Waals surface area contributed by atoms with E-state index in [-0.39, 0.29) is 22.8 Å². The number of ether oxygens (including phenoxy) is 1. The maximum atomic E-state index is 12.8. The summed E-state index contributed by atoms with van der Waals surface area (Å²) < 4.78 is 37.1. The summed E-state index contributed by atoms with van der Waals surface area (Å²) in [5.41, 5.74) is 1.71. The molecule has 0 unspecified atom stereocenters. The Bertz CT molecular complexity index is 1180. The first-order chi connectivity index (χ1) is 13.3. The largest absolute Gasteiger partial charge is 0.465 e. The van der Waals surface area contributed by atoms with Crippen LogP contribution >= 0.6 is 23.1 Å². The van der Waals surface area contributed by atoms with Crippen molar-refractivity contribution >= 4 is 49.3 Å². The molecule has 0 atom stereocenters. The zero-order valence-corrected chi connectivity index (χ0v) is 18.2. The Morgan fingerprint density at radius 2 is 1.93 bits per heavy atom. The standard InChI is InChI=1S/C19H20N2O4S3/c1-4-25-18(22)12-21-16-10-7-14(26-3)11-17(16)27-19(21)20-28(23,24)15-8-5-13(2)6-9-15/h5-11H,4,12H2,1-3H3. The number of carbonyl (C=O) groups is 1. The van der Waals surface area contributed by atoms with Crippen LogP contribution in [0.3, 0.4) is 0 Å². The van der Waals surface area contributed by atoms with Crippen LogP contribution < -0.4 is 4.80 Å². The molecule has 0 N–H and O–H groups in total. The van der Waals surface area contributed by atoms with Gasteiger partial charge in [0.25, 0.3) is 10.0 Å². The van der Waals surface area contributed by atoms with Gasteiger partial charge in [-0.1, -0.05) is 29.0 Å². The molecule has 0 aliphatic heterocycles. The fourth-order valence-electron chi connectivity index (χ4n) is 2.60. The number of rotatable bonds is 6. The van der Waals surface area contributed by atoms with E-state index >= 15 is 0 Å². The van der Waals surface area contributed by atoms with E-state index in [1.54, 1.807) is 35.4 Å². The second-order valence-corrected chi connectivity index (χ2v) is 9.48. The number of aryl methyl sites for hydroxylation is 1. The number of carbonyl (C=O) groups excluding carboxylic acids is 1. The molecule has 9 heteroatoms. The van der Waals surface area contributed by atoms with Gasteiger partial charge in [-0.2, -0.15) is 8.42 Å². The number of hydrogen-bond donors (Lipinski definition) is 0. The molecule has 0 spiro atoms. The highest BCUT2D eigenvalue weighted by Gasteiger charge is 2.16. The van der Waals surface area contributed by atoms with Gasteiger partial charge in [0.1, 0.15) is 6.54 Å². The van der Waals surface area contributed by atoms with Crippen molar-refractivity contribution in [2.45, 2.75) is 30.2 Å². The van der Waals surface area contributed by atoms with Crippen molar-refractivity contribution in [2.24, 2.45) is 4.40 Å². The number of benzene rings is 2. The van der Waals surface area contributed by atoms with E-state index in [0.717, 1.165) is 20.7 Å². The Morgan fingerprint density at radius 3 is 2.57 bits per heavy atom. The summed E-state index contributed by atoms with van der Waals surface area (Å²) in [5, 5.41) is 0. The number of thiazole rings is 1. The molecule has 148 valence electrons. The van der Waals surface area contributed by atoms with E-state index in [1.807, 2.05) is 31.4 Å². The number of thioether (sulfide) groups is 1. The summed E-state index contributed by atoms with van der Waals surface area (Å²) in [5.74, 6) is -0.440. The van der Waals surface area contributed by atoms with Crippen molar-refractivity contribution in [3.63, 3.8) is 0 Å². The molecule has 0 bridgehead atoms. The van der Waals surface area contributed by atoms with Crippen LogP contribution in [-0.2, 0) is 26.1 Å². The van der Waals surface area contributed by atoms with E-state index in [1.165, 1.54) is 23.5 Å². The summed E-state index contributed by atoms with van der Waals surface area (Å²) in [6, 6.07) is 12.3. The molecule has 0 radical (unpaired) electrons. The van der Waals surface area contributed by atoms with Crippen LogP contribution in [0.5, 0.6) is 0 Å². The Morgan fingerprint density at radius 1 is 1.21 bits per heavy atom. The third-order valence-corrected chi connectivity index (χ3v) is 7.16. The molecule has 2 aromatic carbocycles. The van der Waals surface area contributed by atoms with Crippen LogP contribution in [0.25, 0.3) is 10.2 Å². The fourth-order valence-corrected chi connectivity index (χ4v) is 5.39. The second-order valence-electron chi connectivity index (χ2n) is 5.99. The third-order valence-electron chi connectivity index (χ3n) is 4.00. The predicted octanol–water partition coefficient (Wildman–Crippen LogP) is 3.59. The van der Waals surface area contributed by atoms with Gasteiger partial charge in [0.15, 0.2) is 0 Å². The maximum Gasteiger partial charge on any atom is 0.326 e. The molecule has 28 heavy (non-hydrogen) atoms. The van der Waals surface area contributed by atoms with E-state index < -0.39 is 16.0 Å². The molecule has 3 rings (SSSR count). The molecule has 0 fully saturated rings. The minimum absolute atomic E-state index is 0.102. The zero-order chi connectivity index (χ0) is 20.3. The predicted molar refractivity (Wildman–Crippen MR) is 112 cm³/mol. The lowest BCUT2D eigenvalue weighted by Crippen LogP contribution is -2.23. The fraction of sp³-hybridized carbons (Fsp3) is 0.263. The average Bonchev–Trinajstić information content (AvgIpc) is 2.97. The van der Waals surface area contributed by atoms with Gasteiger partial charge in [-0.05, 0) is 50.4 Å². The normalized spacial score (nSPS) is 12.5. The van der Waals surface area contributed by atoms with E-state index in [4.69, 9.17) is 4.74 Å². The molecular weight excluding hydrogens is 416 g/mol. The summed E-state index contributed by atoms with van der Waals surface area (Å²) in [6.07, 6.45) is 1.97. The van der Waals surface area contributed by atoms with Crippen molar-refractivity contribution < 1.29 is 17.9 Å². The van der Waals surface area contributed by atoms with E-state index in [2.05, 4.69) is 4.40 Å². The van der Waals surface area contributed by atoms with Crippen LogP contribution in [0.1, 0.15) is 12.5 Å². The van der Waals surface area contributed by atoms with Gasteiger partial charge < -0.3 is 9.30 Å². The molecule has 0 amide bonds. The third kappa shape index (κ3) is 4.48. The lowest BCUT2D eigenvalue weighted by Gasteiger charge is -2.06. The van der Waals surface area contributed by atoms with Crippen LogP contribution in [0.4, 0.5) is 0 Å². The summed E-state index contributed by atoms with van der Waals surface area (Å²) >= 11 is 2.82. The Labute approximate surface area is 171 Å². The molecule has 0 aliphatic rings. The number of sulfonamides is 1. The van der Waals surface area contributed by atoms with Crippen molar-refractivity contribution in [1.82, 2.24) is 4.57 Å². The lowest BCUT2D eigenvalue weighted by atomic mass is 10.2. The zero-order valence-electron chi connectivity index (χ0n) is 15.7. The van der Waals surface area contributed by atoms with Gasteiger partial charge in [-0.15, -0.1) is 16.2 Å².